The van der Waals surface area contributed by atoms with Crippen LogP contribution in [0.3, 0.4) is 0 Å². The molecule has 0 aliphatic heterocycles. The topological polar surface area (TPSA) is 0 Å². The van der Waals surface area contributed by atoms with Gasteiger partial charge in [0.05, 0.1) is 0 Å². The number of hydrogen-bond donors (Lipinski definition) is 0. The van der Waals surface area contributed by atoms with E-state index in [1.54, 1.807) is 18.2 Å². The summed E-state index contributed by atoms with van der Waals surface area (Å²) < 4.78 is 13.3. The Morgan fingerprint density at radius 2 is 2.17 bits per heavy atom. The standard InChI is InChI=1S/C10H8BrF/c1-2-3-4-8-5-6-9(12)7-10(8)11/h2-7H,1H2. The smallest absolute Gasteiger partial charge is 0.124 e. The van der Waals surface area contributed by atoms with Crippen LogP contribution in [-0.2, 0) is 0 Å². The van der Waals surface area contributed by atoms with Crippen molar-refractivity contribution in [2.75, 3.05) is 0 Å². The molecule has 62 valence electrons. The van der Waals surface area contributed by atoms with Gasteiger partial charge in [-0.05, 0) is 17.7 Å². The lowest BCUT2D eigenvalue weighted by atomic mass is 10.2. The molecule has 0 amide bonds. The molecule has 0 aromatic heterocycles. The van der Waals surface area contributed by atoms with Gasteiger partial charge in [0.1, 0.15) is 5.82 Å². The highest BCUT2D eigenvalue weighted by molar-refractivity contribution is 9.10. The van der Waals surface area contributed by atoms with Crippen molar-refractivity contribution < 1.29 is 4.39 Å². The third kappa shape index (κ3) is 2.31. The van der Waals surface area contributed by atoms with Crippen LogP contribution in [-0.4, -0.2) is 0 Å². The number of allylic oxidation sites excluding steroid dienone is 2. The van der Waals surface area contributed by atoms with Gasteiger partial charge in [0.15, 0.2) is 0 Å². The maximum Gasteiger partial charge on any atom is 0.124 e. The van der Waals surface area contributed by atoms with Gasteiger partial charge in [0, 0.05) is 4.47 Å². The quantitative estimate of drug-likeness (QED) is 0.674. The Morgan fingerprint density at radius 1 is 1.42 bits per heavy atom. The van der Waals surface area contributed by atoms with Gasteiger partial charge in [0.2, 0.25) is 0 Å². The second kappa shape index (κ2) is 4.21. The fraction of sp³-hybridized carbons (Fsp3) is 0. The normalized spacial score (nSPS) is 10.5. The fourth-order valence-electron chi connectivity index (χ4n) is 0.808. The Hall–Kier alpha value is -0.890. The summed E-state index contributed by atoms with van der Waals surface area (Å²) in [6, 6.07) is 4.57. The van der Waals surface area contributed by atoms with Gasteiger partial charge in [0.25, 0.3) is 0 Å². The molecule has 0 spiro atoms. The van der Waals surface area contributed by atoms with E-state index in [1.165, 1.54) is 12.1 Å². The molecule has 1 aromatic rings. The summed E-state index contributed by atoms with van der Waals surface area (Å²) in [5, 5.41) is 0. The van der Waals surface area contributed by atoms with Crippen LogP contribution in [0.5, 0.6) is 0 Å². The minimum Gasteiger partial charge on any atom is -0.207 e. The zero-order valence-corrected chi connectivity index (χ0v) is 8.01. The average Bonchev–Trinajstić information content (AvgIpc) is 2.03. The summed E-state index contributed by atoms with van der Waals surface area (Å²) in [5.74, 6) is -0.238. The summed E-state index contributed by atoms with van der Waals surface area (Å²) in [5.41, 5.74) is 0.941. The third-order valence-corrected chi connectivity index (χ3v) is 2.06. The van der Waals surface area contributed by atoms with E-state index < -0.39 is 0 Å². The predicted molar refractivity (Wildman–Crippen MR) is 53.3 cm³/mol. The van der Waals surface area contributed by atoms with Crippen LogP contribution in [0.4, 0.5) is 4.39 Å². The van der Waals surface area contributed by atoms with Crippen molar-refractivity contribution in [2.24, 2.45) is 0 Å². The molecule has 0 aliphatic rings. The highest BCUT2D eigenvalue weighted by Gasteiger charge is 1.96. The summed E-state index contributed by atoms with van der Waals surface area (Å²) in [6.45, 7) is 3.55. The lowest BCUT2D eigenvalue weighted by Crippen LogP contribution is -1.77. The number of rotatable bonds is 2. The maximum absolute atomic E-state index is 12.6. The monoisotopic (exact) mass is 226 g/mol. The van der Waals surface area contributed by atoms with Crippen molar-refractivity contribution in [3.63, 3.8) is 0 Å². The molecule has 0 saturated carbocycles. The zero-order valence-electron chi connectivity index (χ0n) is 6.43. The molecule has 0 bridgehead atoms. The van der Waals surface area contributed by atoms with E-state index in [0.717, 1.165) is 10.0 Å². The number of benzene rings is 1. The SMILES string of the molecule is C=CC=Cc1ccc(F)cc1Br. The van der Waals surface area contributed by atoms with Crippen molar-refractivity contribution in [1.29, 1.82) is 0 Å². The average molecular weight is 227 g/mol. The third-order valence-electron chi connectivity index (χ3n) is 1.37. The van der Waals surface area contributed by atoms with E-state index in [0.29, 0.717) is 0 Å². The largest absolute Gasteiger partial charge is 0.207 e. The van der Waals surface area contributed by atoms with Crippen molar-refractivity contribution in [3.8, 4) is 0 Å². The van der Waals surface area contributed by atoms with E-state index in [9.17, 15) is 4.39 Å². The van der Waals surface area contributed by atoms with Gasteiger partial charge in [-0.25, -0.2) is 4.39 Å². The summed E-state index contributed by atoms with van der Waals surface area (Å²) in [4.78, 5) is 0. The van der Waals surface area contributed by atoms with E-state index in [2.05, 4.69) is 22.5 Å². The minimum absolute atomic E-state index is 0.238. The van der Waals surface area contributed by atoms with Crippen LogP contribution in [0, 0.1) is 5.82 Å². The van der Waals surface area contributed by atoms with Gasteiger partial charge < -0.3 is 0 Å². The second-order valence-corrected chi connectivity index (χ2v) is 3.11. The first kappa shape index (κ1) is 9.20. The molecule has 1 rings (SSSR count). The van der Waals surface area contributed by atoms with Crippen LogP contribution in [0.25, 0.3) is 6.08 Å². The first-order valence-corrected chi connectivity index (χ1v) is 4.27. The minimum atomic E-state index is -0.238. The van der Waals surface area contributed by atoms with E-state index in [4.69, 9.17) is 0 Å². The lowest BCUT2D eigenvalue weighted by molar-refractivity contribution is 0.627. The van der Waals surface area contributed by atoms with Crippen molar-refractivity contribution >= 4 is 22.0 Å². The molecule has 0 saturated heterocycles. The Morgan fingerprint density at radius 3 is 2.75 bits per heavy atom. The lowest BCUT2D eigenvalue weighted by Gasteiger charge is -1.96. The number of hydrogen-bond acceptors (Lipinski definition) is 0. The van der Waals surface area contributed by atoms with Gasteiger partial charge in [-0.15, -0.1) is 0 Å². The van der Waals surface area contributed by atoms with Gasteiger partial charge >= 0.3 is 0 Å². The molecule has 0 aliphatic carbocycles. The number of halogens is 2. The Kier molecular flexibility index (Phi) is 3.23. The molecule has 0 heterocycles. The first-order valence-electron chi connectivity index (χ1n) is 3.48. The molecule has 1 aromatic carbocycles. The Balaban J connectivity index is 3.01. The van der Waals surface area contributed by atoms with E-state index in [1.807, 2.05) is 6.08 Å². The van der Waals surface area contributed by atoms with Crippen LogP contribution in [0.1, 0.15) is 5.56 Å². The summed E-state index contributed by atoms with van der Waals surface area (Å²) >= 11 is 3.25. The molecular weight excluding hydrogens is 219 g/mol. The summed E-state index contributed by atoms with van der Waals surface area (Å²) in [6.07, 6.45) is 5.34. The van der Waals surface area contributed by atoms with Crippen LogP contribution in [0.2, 0.25) is 0 Å². The van der Waals surface area contributed by atoms with Crippen molar-refractivity contribution in [1.82, 2.24) is 0 Å². The van der Waals surface area contributed by atoms with E-state index >= 15 is 0 Å². The Labute approximate surface area is 79.5 Å². The molecular formula is C10H8BrF. The molecule has 12 heavy (non-hydrogen) atoms. The predicted octanol–water partition coefficient (Wildman–Crippen LogP) is 3.79. The Bertz CT molecular complexity index is 316. The molecule has 0 fully saturated rings. The molecule has 0 radical (unpaired) electrons. The summed E-state index contributed by atoms with van der Waals surface area (Å²) in [7, 11) is 0. The molecule has 0 N–H and O–H groups in total. The van der Waals surface area contributed by atoms with Gasteiger partial charge in [-0.1, -0.05) is 46.8 Å². The van der Waals surface area contributed by atoms with E-state index in [-0.39, 0.29) is 5.82 Å². The highest BCUT2D eigenvalue weighted by Crippen LogP contribution is 2.19. The molecule has 0 nitrogen and oxygen atoms in total. The molecule has 2 heteroatoms. The molecule has 0 unspecified atom stereocenters. The van der Waals surface area contributed by atoms with Crippen LogP contribution >= 0.6 is 15.9 Å². The first-order chi connectivity index (χ1) is 5.74. The maximum atomic E-state index is 12.6. The second-order valence-electron chi connectivity index (χ2n) is 2.26. The van der Waals surface area contributed by atoms with Crippen LogP contribution < -0.4 is 0 Å². The molecule has 0 atom stereocenters. The van der Waals surface area contributed by atoms with Crippen LogP contribution in [0.15, 0.2) is 41.4 Å². The van der Waals surface area contributed by atoms with Gasteiger partial charge in [-0.2, -0.15) is 0 Å². The van der Waals surface area contributed by atoms with Gasteiger partial charge in [-0.3, -0.25) is 0 Å². The fourth-order valence-corrected chi connectivity index (χ4v) is 1.29. The highest BCUT2D eigenvalue weighted by atomic mass is 79.9. The van der Waals surface area contributed by atoms with Crippen molar-refractivity contribution in [3.05, 3.63) is 52.8 Å². The van der Waals surface area contributed by atoms with Crippen molar-refractivity contribution in [2.45, 2.75) is 0 Å². The zero-order chi connectivity index (χ0) is 8.97.